The molecular formula is C24H37NO5. The fourth-order valence-electron chi connectivity index (χ4n) is 2.71. The Bertz CT molecular complexity index is 719. The van der Waals surface area contributed by atoms with Crippen molar-refractivity contribution in [2.75, 3.05) is 0 Å². The van der Waals surface area contributed by atoms with Gasteiger partial charge in [0.15, 0.2) is 0 Å². The number of hydrogen-bond acceptors (Lipinski definition) is 5. The van der Waals surface area contributed by atoms with Crippen molar-refractivity contribution in [3.63, 3.8) is 0 Å². The molecule has 1 aromatic carbocycles. The van der Waals surface area contributed by atoms with E-state index in [2.05, 4.69) is 0 Å². The second-order valence-electron chi connectivity index (χ2n) is 9.62. The van der Waals surface area contributed by atoms with Crippen molar-refractivity contribution in [3.8, 4) is 0 Å². The van der Waals surface area contributed by atoms with E-state index in [0.717, 1.165) is 10.6 Å². The van der Waals surface area contributed by atoms with Gasteiger partial charge in [0.1, 0.15) is 5.60 Å². The summed E-state index contributed by atoms with van der Waals surface area (Å²) in [5, 5.41) is 1.13. The van der Waals surface area contributed by atoms with Crippen LogP contribution in [0.15, 0.2) is 30.3 Å². The third kappa shape index (κ3) is 8.17. The molecular weight excluding hydrogens is 382 g/mol. The summed E-state index contributed by atoms with van der Waals surface area (Å²) < 4.78 is 5.36. The Kier molecular flexibility index (Phi) is 9.07. The Morgan fingerprint density at radius 3 is 2.03 bits per heavy atom. The van der Waals surface area contributed by atoms with Crippen molar-refractivity contribution >= 4 is 17.8 Å². The van der Waals surface area contributed by atoms with Crippen LogP contribution in [0.2, 0.25) is 0 Å². The zero-order valence-corrected chi connectivity index (χ0v) is 19.7. The Hall–Kier alpha value is -2.37. The van der Waals surface area contributed by atoms with Crippen LogP contribution in [0.3, 0.4) is 0 Å². The van der Waals surface area contributed by atoms with Crippen LogP contribution in [0.1, 0.15) is 73.8 Å². The smallest absolute Gasteiger partial charge is 0.336 e. The van der Waals surface area contributed by atoms with Crippen LogP contribution >= 0.6 is 0 Å². The molecule has 0 aliphatic rings. The van der Waals surface area contributed by atoms with Gasteiger partial charge >= 0.3 is 11.9 Å². The SMILES string of the molecule is CCC(C)(C)C(=O)N(Cc1ccccc1)OC(=O)[C@@H](CC(=O)OC(C)(C)C)C(C)C. The second-order valence-corrected chi connectivity index (χ2v) is 9.62. The second kappa shape index (κ2) is 10.6. The van der Waals surface area contributed by atoms with Crippen LogP contribution in [0.25, 0.3) is 0 Å². The van der Waals surface area contributed by atoms with E-state index >= 15 is 0 Å². The maximum atomic E-state index is 13.1. The first-order valence-corrected chi connectivity index (χ1v) is 10.6. The average molecular weight is 420 g/mol. The predicted octanol–water partition coefficient (Wildman–Crippen LogP) is 4.91. The zero-order valence-electron chi connectivity index (χ0n) is 19.7. The van der Waals surface area contributed by atoms with E-state index in [-0.39, 0.29) is 24.8 Å². The van der Waals surface area contributed by atoms with Crippen molar-refractivity contribution in [2.24, 2.45) is 17.3 Å². The third-order valence-electron chi connectivity index (χ3n) is 4.97. The van der Waals surface area contributed by atoms with Gasteiger partial charge in [-0.1, -0.05) is 65.0 Å². The number of carbonyl (C=O) groups is 3. The van der Waals surface area contributed by atoms with Gasteiger partial charge in [-0.2, -0.15) is 5.06 Å². The van der Waals surface area contributed by atoms with Gasteiger partial charge in [0.25, 0.3) is 5.91 Å². The molecule has 1 aromatic rings. The van der Waals surface area contributed by atoms with E-state index in [9.17, 15) is 14.4 Å². The number of nitrogens with zero attached hydrogens (tertiary/aromatic N) is 1. The fraction of sp³-hybridized carbons (Fsp3) is 0.625. The van der Waals surface area contributed by atoms with Crippen LogP contribution in [-0.4, -0.2) is 28.5 Å². The lowest BCUT2D eigenvalue weighted by Crippen LogP contribution is -2.43. The van der Waals surface area contributed by atoms with Crippen molar-refractivity contribution in [2.45, 2.75) is 80.4 Å². The summed E-state index contributed by atoms with van der Waals surface area (Å²) in [5.41, 5.74) is -0.477. The molecule has 168 valence electrons. The van der Waals surface area contributed by atoms with Crippen LogP contribution in [0, 0.1) is 17.3 Å². The Balaban J connectivity index is 3.04. The molecule has 0 saturated heterocycles. The van der Waals surface area contributed by atoms with Gasteiger partial charge in [-0.05, 0) is 38.7 Å². The Labute approximate surface area is 180 Å². The van der Waals surface area contributed by atoms with Gasteiger partial charge in [0.05, 0.1) is 18.9 Å². The molecule has 0 heterocycles. The number of esters is 1. The molecule has 1 amide bonds. The van der Waals surface area contributed by atoms with Crippen LogP contribution in [-0.2, 0) is 30.5 Å². The van der Waals surface area contributed by atoms with Gasteiger partial charge in [-0.3, -0.25) is 9.59 Å². The van der Waals surface area contributed by atoms with E-state index in [1.54, 1.807) is 20.8 Å². The van der Waals surface area contributed by atoms with E-state index in [1.165, 1.54) is 0 Å². The number of amides is 1. The largest absolute Gasteiger partial charge is 0.460 e. The lowest BCUT2D eigenvalue weighted by molar-refractivity contribution is -0.211. The number of benzene rings is 1. The van der Waals surface area contributed by atoms with Gasteiger partial charge in [0.2, 0.25) is 0 Å². The number of ether oxygens (including phenoxy) is 1. The summed E-state index contributed by atoms with van der Waals surface area (Å²) in [6.45, 7) is 14.7. The van der Waals surface area contributed by atoms with Crippen molar-refractivity contribution < 1.29 is 24.0 Å². The minimum atomic E-state index is -0.712. The van der Waals surface area contributed by atoms with Crippen molar-refractivity contribution in [1.29, 1.82) is 0 Å². The molecule has 0 radical (unpaired) electrons. The van der Waals surface area contributed by atoms with Crippen molar-refractivity contribution in [1.82, 2.24) is 5.06 Å². The van der Waals surface area contributed by atoms with Gasteiger partial charge in [-0.15, -0.1) is 0 Å². The highest BCUT2D eigenvalue weighted by molar-refractivity contribution is 5.84. The highest BCUT2D eigenvalue weighted by atomic mass is 16.7. The summed E-state index contributed by atoms with van der Waals surface area (Å²) in [6.07, 6.45) is 0.499. The minimum absolute atomic E-state index is 0.0989. The van der Waals surface area contributed by atoms with E-state index in [1.807, 2.05) is 65.0 Å². The lowest BCUT2D eigenvalue weighted by atomic mass is 9.89. The number of hydrogen-bond donors (Lipinski definition) is 0. The predicted molar refractivity (Wildman–Crippen MR) is 116 cm³/mol. The molecule has 0 spiro atoms. The molecule has 0 unspecified atom stereocenters. The van der Waals surface area contributed by atoms with E-state index in [4.69, 9.17) is 9.57 Å². The summed E-state index contributed by atoms with van der Waals surface area (Å²) in [5.74, 6) is -2.21. The van der Waals surface area contributed by atoms with Gasteiger partial charge in [0, 0.05) is 5.41 Å². The van der Waals surface area contributed by atoms with Crippen molar-refractivity contribution in [3.05, 3.63) is 35.9 Å². The minimum Gasteiger partial charge on any atom is -0.460 e. The number of hydroxylamine groups is 2. The van der Waals surface area contributed by atoms with Crippen LogP contribution in [0.5, 0.6) is 0 Å². The molecule has 0 saturated carbocycles. The summed E-state index contributed by atoms with van der Waals surface area (Å²) in [4.78, 5) is 44.0. The summed E-state index contributed by atoms with van der Waals surface area (Å²) in [7, 11) is 0. The summed E-state index contributed by atoms with van der Waals surface area (Å²) >= 11 is 0. The molecule has 30 heavy (non-hydrogen) atoms. The third-order valence-corrected chi connectivity index (χ3v) is 4.97. The van der Waals surface area contributed by atoms with Gasteiger partial charge in [-0.25, -0.2) is 4.79 Å². The van der Waals surface area contributed by atoms with E-state index in [0.29, 0.717) is 6.42 Å². The molecule has 1 atom stereocenters. The quantitative estimate of drug-likeness (QED) is 0.442. The zero-order chi connectivity index (χ0) is 23.1. The first-order valence-electron chi connectivity index (χ1n) is 10.6. The molecule has 6 heteroatoms. The molecule has 0 aromatic heterocycles. The van der Waals surface area contributed by atoms with Crippen LogP contribution in [0.4, 0.5) is 0 Å². The number of rotatable bonds is 8. The normalized spacial score (nSPS) is 13.0. The van der Waals surface area contributed by atoms with Crippen LogP contribution < -0.4 is 0 Å². The van der Waals surface area contributed by atoms with E-state index < -0.39 is 28.9 Å². The monoisotopic (exact) mass is 419 g/mol. The Morgan fingerprint density at radius 2 is 1.57 bits per heavy atom. The lowest BCUT2D eigenvalue weighted by Gasteiger charge is -2.31. The summed E-state index contributed by atoms with van der Waals surface area (Å²) in [6, 6.07) is 9.35. The van der Waals surface area contributed by atoms with Gasteiger partial charge < -0.3 is 9.57 Å². The average Bonchev–Trinajstić information content (AvgIpc) is 2.64. The highest BCUT2D eigenvalue weighted by Crippen LogP contribution is 2.26. The Morgan fingerprint density at radius 1 is 1.00 bits per heavy atom. The topological polar surface area (TPSA) is 72.9 Å². The first kappa shape index (κ1) is 25.7. The maximum Gasteiger partial charge on any atom is 0.336 e. The molecule has 0 aliphatic heterocycles. The first-order chi connectivity index (χ1) is 13.8. The molecule has 0 bridgehead atoms. The molecule has 1 rings (SSSR count). The molecule has 0 aliphatic carbocycles. The standard InChI is InChI=1S/C24H37NO5/c1-9-24(7,8)22(28)25(16-18-13-11-10-12-14-18)30-21(27)19(17(2)3)15-20(26)29-23(4,5)6/h10-14,17,19H,9,15-16H2,1-8H3/t19-/m0/s1. The highest BCUT2D eigenvalue weighted by Gasteiger charge is 2.36. The molecule has 6 nitrogen and oxygen atoms in total. The molecule has 0 N–H and O–H groups in total. The molecule has 0 fully saturated rings. The fourth-order valence-corrected chi connectivity index (χ4v) is 2.71. The maximum absolute atomic E-state index is 13.1. The number of carbonyl (C=O) groups excluding carboxylic acids is 3.